The van der Waals surface area contributed by atoms with Crippen LogP contribution in [0.15, 0.2) is 78.9 Å². The van der Waals surface area contributed by atoms with Gasteiger partial charge < -0.3 is 29.4 Å². The molecule has 150 valence electrons. The summed E-state index contributed by atoms with van der Waals surface area (Å²) < 4.78 is 2.50. The molecule has 2 aliphatic rings. The Hall–Kier alpha value is -1.47. The van der Waals surface area contributed by atoms with E-state index in [2.05, 4.69) is 77.4 Å². The van der Waals surface area contributed by atoms with Crippen molar-refractivity contribution in [3.05, 3.63) is 96.2 Å². The van der Waals surface area contributed by atoms with Crippen LogP contribution in [0.25, 0.3) is 27.4 Å². The number of fused-ring (bicyclic) bond motifs is 4. The Labute approximate surface area is 210 Å². The Balaban J connectivity index is 0.000000356. The van der Waals surface area contributed by atoms with E-state index in [-0.39, 0.29) is 51.0 Å². The van der Waals surface area contributed by atoms with Gasteiger partial charge in [-0.3, -0.25) is 6.08 Å². The minimum Gasteiger partial charge on any atom is -1.00 e. The molecule has 30 heavy (non-hydrogen) atoms. The van der Waals surface area contributed by atoms with Crippen LogP contribution >= 0.6 is 0 Å². The second-order valence-electron chi connectivity index (χ2n) is 7.33. The van der Waals surface area contributed by atoms with Crippen molar-refractivity contribution in [2.75, 3.05) is 0 Å². The molecule has 3 aromatic carbocycles. The number of aryl methyl sites for hydroxylation is 1. The van der Waals surface area contributed by atoms with E-state index in [4.69, 9.17) is 0 Å². The summed E-state index contributed by atoms with van der Waals surface area (Å²) in [5.74, 6) is 0. The summed E-state index contributed by atoms with van der Waals surface area (Å²) >= 11 is 0. The predicted molar refractivity (Wildman–Crippen MR) is 115 cm³/mol. The third-order valence-corrected chi connectivity index (χ3v) is 5.63. The zero-order chi connectivity index (χ0) is 18.1. The van der Waals surface area contributed by atoms with Gasteiger partial charge >= 0.3 is 26.2 Å². The maximum absolute atomic E-state index is 2.99. The van der Waals surface area contributed by atoms with Gasteiger partial charge in [0.2, 0.25) is 0 Å². The maximum atomic E-state index is 2.99. The van der Waals surface area contributed by atoms with Crippen LogP contribution < -0.4 is 24.8 Å². The molecule has 4 heteroatoms. The fourth-order valence-electron chi connectivity index (χ4n) is 4.39. The Morgan fingerprint density at radius 2 is 1.67 bits per heavy atom. The molecule has 1 nitrogen and oxygen atoms in total. The third kappa shape index (κ3) is 4.72. The average molecular weight is 512 g/mol. The molecule has 4 aromatic rings. The van der Waals surface area contributed by atoms with Crippen molar-refractivity contribution in [3.63, 3.8) is 0 Å². The molecule has 0 fully saturated rings. The fraction of sp³-hybridized carbons (Fsp3) is 0.192. The third-order valence-electron chi connectivity index (χ3n) is 5.63. The van der Waals surface area contributed by atoms with Crippen molar-refractivity contribution in [2.45, 2.75) is 32.1 Å². The summed E-state index contributed by atoms with van der Waals surface area (Å²) in [5, 5.41) is 4.11. The van der Waals surface area contributed by atoms with Crippen molar-refractivity contribution in [3.8, 4) is 5.69 Å². The second kappa shape index (κ2) is 11.2. The van der Waals surface area contributed by atoms with E-state index >= 15 is 0 Å². The molecule has 0 atom stereocenters. The van der Waals surface area contributed by atoms with Gasteiger partial charge in [0.05, 0.1) is 5.52 Å². The van der Waals surface area contributed by atoms with Gasteiger partial charge in [0, 0.05) is 11.1 Å². The van der Waals surface area contributed by atoms with Crippen molar-refractivity contribution in [1.29, 1.82) is 0 Å². The topological polar surface area (TPSA) is 4.93 Å². The number of para-hydroxylation sites is 1. The van der Waals surface area contributed by atoms with Crippen LogP contribution in [0.1, 0.15) is 30.5 Å². The summed E-state index contributed by atoms with van der Waals surface area (Å²) in [5.41, 5.74) is 5.79. The van der Waals surface area contributed by atoms with E-state index in [0.717, 1.165) is 6.42 Å². The SMILES string of the molecule is [C-]1=CC=CC1.[Cl-].[Cl-].[Zr+4].c1ccc2[cH-]c(-n3c4c(c5ccccc53)CCCC4)cc2c1. The number of hydrogen-bond acceptors (Lipinski definition) is 0. The Morgan fingerprint density at radius 3 is 2.40 bits per heavy atom. The van der Waals surface area contributed by atoms with E-state index < -0.39 is 0 Å². The van der Waals surface area contributed by atoms with Crippen LogP contribution in [0.4, 0.5) is 0 Å². The molecule has 2 aliphatic carbocycles. The van der Waals surface area contributed by atoms with Crippen LogP contribution in [-0.4, -0.2) is 4.57 Å². The van der Waals surface area contributed by atoms with Crippen molar-refractivity contribution in [2.24, 2.45) is 0 Å². The van der Waals surface area contributed by atoms with Crippen LogP contribution in [0, 0.1) is 6.08 Å². The zero-order valence-corrected chi connectivity index (χ0v) is 20.7. The van der Waals surface area contributed by atoms with Gasteiger partial charge in [0.25, 0.3) is 0 Å². The first-order valence-electron chi connectivity index (χ1n) is 9.90. The largest absolute Gasteiger partial charge is 4.00 e. The zero-order valence-electron chi connectivity index (χ0n) is 16.7. The molecular formula is C26H23Cl2NZr. The molecule has 0 amide bonds. The van der Waals surface area contributed by atoms with Gasteiger partial charge in [0.15, 0.2) is 0 Å². The van der Waals surface area contributed by atoms with Crippen molar-refractivity contribution in [1.82, 2.24) is 4.57 Å². The summed E-state index contributed by atoms with van der Waals surface area (Å²) in [4.78, 5) is 0. The Kier molecular flexibility index (Phi) is 9.29. The smallest absolute Gasteiger partial charge is 1.00 e. The monoisotopic (exact) mass is 509 g/mol. The maximum Gasteiger partial charge on any atom is 4.00 e. The normalized spacial score (nSPS) is 13.6. The van der Waals surface area contributed by atoms with Gasteiger partial charge in [-0.05, 0) is 43.0 Å². The summed E-state index contributed by atoms with van der Waals surface area (Å²) in [6.45, 7) is 0. The number of aromatic nitrogens is 1. The van der Waals surface area contributed by atoms with Crippen LogP contribution in [-0.2, 0) is 39.0 Å². The number of nitrogens with zero attached hydrogens (tertiary/aromatic N) is 1. The quantitative estimate of drug-likeness (QED) is 0.332. The molecule has 0 saturated carbocycles. The van der Waals surface area contributed by atoms with Gasteiger partial charge in [0.1, 0.15) is 0 Å². The van der Waals surface area contributed by atoms with E-state index in [9.17, 15) is 0 Å². The van der Waals surface area contributed by atoms with Gasteiger partial charge in [-0.15, -0.1) is 47.5 Å². The standard InChI is InChI=1S/C21H18N.C5H5.2ClH.Zr/c1-2-8-16-14-17(13-15(16)7-1)22-20-11-5-3-9-18(20)19-10-4-6-12-21(19)22;1-2-4-5-3-1;;;/h1-3,5,7-9,11,13-14H,4,6,10,12H2;1-3H,4H2;2*1H;/q2*-1;;;+4/p-2. The van der Waals surface area contributed by atoms with Crippen LogP contribution in [0.5, 0.6) is 0 Å². The molecular weight excluding hydrogens is 488 g/mol. The average Bonchev–Trinajstić information content (AvgIpc) is 3.46. The number of rotatable bonds is 1. The Bertz CT molecular complexity index is 1120. The van der Waals surface area contributed by atoms with Crippen molar-refractivity contribution >= 4 is 21.7 Å². The summed E-state index contributed by atoms with van der Waals surface area (Å²) in [6, 6.07) is 22.2. The first-order chi connectivity index (χ1) is 13.4. The molecule has 0 spiro atoms. The van der Waals surface area contributed by atoms with Gasteiger partial charge in [-0.1, -0.05) is 24.3 Å². The predicted octanol–water partition coefficient (Wildman–Crippen LogP) is 0.693. The minimum atomic E-state index is 0. The summed E-state index contributed by atoms with van der Waals surface area (Å²) in [6.07, 6.45) is 15.1. The van der Waals surface area contributed by atoms with E-state index in [0.29, 0.717) is 0 Å². The molecule has 0 aliphatic heterocycles. The second-order valence-corrected chi connectivity index (χ2v) is 7.33. The molecule has 1 heterocycles. The number of halogens is 2. The van der Waals surface area contributed by atoms with Gasteiger partial charge in [-0.25, -0.2) is 12.2 Å². The molecule has 0 bridgehead atoms. The first kappa shape index (κ1) is 24.8. The van der Waals surface area contributed by atoms with Crippen LogP contribution in [0.3, 0.4) is 0 Å². The molecule has 1 aromatic heterocycles. The number of benzene rings is 2. The first-order valence-corrected chi connectivity index (χ1v) is 9.90. The number of allylic oxidation sites excluding steroid dienone is 4. The molecule has 0 N–H and O–H groups in total. The molecule has 0 unspecified atom stereocenters. The Morgan fingerprint density at radius 1 is 0.900 bits per heavy atom. The van der Waals surface area contributed by atoms with Gasteiger partial charge in [-0.2, -0.15) is 6.08 Å². The fourth-order valence-corrected chi connectivity index (χ4v) is 4.39. The van der Waals surface area contributed by atoms with Crippen molar-refractivity contribution < 1.29 is 51.0 Å². The minimum absolute atomic E-state index is 0. The van der Waals surface area contributed by atoms with Crippen LogP contribution in [0.2, 0.25) is 0 Å². The van der Waals surface area contributed by atoms with E-state index in [1.165, 1.54) is 58.7 Å². The molecule has 0 saturated heterocycles. The number of hydrogen-bond donors (Lipinski definition) is 0. The molecule has 6 rings (SSSR count). The van der Waals surface area contributed by atoms with E-state index in [1.807, 2.05) is 12.2 Å². The van der Waals surface area contributed by atoms with E-state index in [1.54, 1.807) is 5.56 Å². The molecule has 0 radical (unpaired) electrons. The summed E-state index contributed by atoms with van der Waals surface area (Å²) in [7, 11) is 0.